The van der Waals surface area contributed by atoms with Crippen LogP contribution in [-0.4, -0.2) is 53.9 Å². The molecule has 0 amide bonds. The van der Waals surface area contributed by atoms with Crippen LogP contribution in [-0.2, 0) is 23.9 Å². The van der Waals surface area contributed by atoms with E-state index in [1.807, 2.05) is 0 Å². The highest BCUT2D eigenvalue weighted by atomic mass is 19.4. The summed E-state index contributed by atoms with van der Waals surface area (Å²) in [5.41, 5.74) is -1.06. The first-order valence-electron chi connectivity index (χ1n) is 8.03. The first-order chi connectivity index (χ1) is 13.8. The standard InChI is InChI=1S/C13H12F3N5O2.C2HF3O2/c14-13(15,16)9-6-21-5-7(1-2-10(21)20-9)18-12-17-4-3-8(19-12)11(22)23;3-2(4,5)1(6)7/h3-4,6-7H,1-2,5H2,(H,22,23)(H,17,18,19);(H,6,7). The highest BCUT2D eigenvalue weighted by molar-refractivity contribution is 5.85. The number of aromatic nitrogens is 4. The number of nitrogens with zero attached hydrogens (tertiary/aromatic N) is 4. The van der Waals surface area contributed by atoms with Gasteiger partial charge in [-0.3, -0.25) is 0 Å². The van der Waals surface area contributed by atoms with E-state index in [0.717, 1.165) is 6.20 Å². The van der Waals surface area contributed by atoms with Crippen molar-refractivity contribution in [1.29, 1.82) is 0 Å². The molecule has 0 spiro atoms. The number of hydrogen-bond acceptors (Lipinski definition) is 6. The largest absolute Gasteiger partial charge is 0.490 e. The van der Waals surface area contributed by atoms with Crippen LogP contribution in [0.5, 0.6) is 0 Å². The van der Waals surface area contributed by atoms with Crippen LogP contribution >= 0.6 is 0 Å². The van der Waals surface area contributed by atoms with Gasteiger partial charge in [0.25, 0.3) is 0 Å². The van der Waals surface area contributed by atoms with E-state index in [0.29, 0.717) is 18.7 Å². The quantitative estimate of drug-likeness (QED) is 0.620. The van der Waals surface area contributed by atoms with Crippen LogP contribution in [0.25, 0.3) is 0 Å². The molecule has 30 heavy (non-hydrogen) atoms. The van der Waals surface area contributed by atoms with E-state index in [-0.39, 0.29) is 24.2 Å². The zero-order chi connectivity index (χ0) is 22.7. The highest BCUT2D eigenvalue weighted by Gasteiger charge is 2.38. The number of rotatable bonds is 3. The molecule has 0 saturated heterocycles. The van der Waals surface area contributed by atoms with Gasteiger partial charge < -0.3 is 20.1 Å². The van der Waals surface area contributed by atoms with Crippen molar-refractivity contribution in [3.8, 4) is 0 Å². The summed E-state index contributed by atoms with van der Waals surface area (Å²) in [5.74, 6) is -3.41. The van der Waals surface area contributed by atoms with Gasteiger partial charge in [0.05, 0.1) is 0 Å². The molecule has 0 fully saturated rings. The number of carboxylic acids is 2. The third kappa shape index (κ3) is 6.05. The minimum Gasteiger partial charge on any atom is -0.477 e. The number of aromatic carboxylic acids is 1. The summed E-state index contributed by atoms with van der Waals surface area (Å²) < 4.78 is 71.2. The van der Waals surface area contributed by atoms with Gasteiger partial charge >= 0.3 is 24.3 Å². The van der Waals surface area contributed by atoms with Gasteiger partial charge in [-0.2, -0.15) is 26.3 Å². The van der Waals surface area contributed by atoms with Gasteiger partial charge in [0.15, 0.2) is 11.4 Å². The molecule has 3 N–H and O–H groups in total. The van der Waals surface area contributed by atoms with Gasteiger partial charge in [0, 0.05) is 31.4 Å². The van der Waals surface area contributed by atoms with Gasteiger partial charge in [0.1, 0.15) is 5.82 Å². The van der Waals surface area contributed by atoms with Gasteiger partial charge in [-0.1, -0.05) is 0 Å². The number of carbonyl (C=O) groups is 2. The van der Waals surface area contributed by atoms with Gasteiger partial charge in [0.2, 0.25) is 5.95 Å². The molecule has 3 rings (SSSR count). The molecule has 9 nitrogen and oxygen atoms in total. The molecule has 2 aromatic rings. The summed E-state index contributed by atoms with van der Waals surface area (Å²) in [7, 11) is 0. The summed E-state index contributed by atoms with van der Waals surface area (Å²) in [5, 5.41) is 19.0. The predicted octanol–water partition coefficient (Wildman–Crippen LogP) is 2.45. The van der Waals surface area contributed by atoms with Crippen LogP contribution < -0.4 is 5.32 Å². The lowest BCUT2D eigenvalue weighted by atomic mass is 10.1. The number of carboxylic acid groups (broad SMARTS) is 2. The number of anilines is 1. The molecule has 2 aromatic heterocycles. The van der Waals surface area contributed by atoms with Gasteiger partial charge in [-0.05, 0) is 12.5 Å². The smallest absolute Gasteiger partial charge is 0.477 e. The Hall–Kier alpha value is -3.39. The molecule has 1 aliphatic heterocycles. The van der Waals surface area contributed by atoms with Crippen LogP contribution in [0.15, 0.2) is 18.5 Å². The molecular weight excluding hydrogens is 428 g/mol. The summed E-state index contributed by atoms with van der Waals surface area (Å²) >= 11 is 0. The van der Waals surface area contributed by atoms with Crippen LogP contribution in [0.3, 0.4) is 0 Å². The topological polar surface area (TPSA) is 130 Å². The van der Waals surface area contributed by atoms with Crippen molar-refractivity contribution in [3.63, 3.8) is 0 Å². The fraction of sp³-hybridized carbons (Fsp3) is 0.400. The molecule has 15 heteroatoms. The third-order valence-electron chi connectivity index (χ3n) is 3.73. The minimum atomic E-state index is -5.08. The predicted molar refractivity (Wildman–Crippen MR) is 85.6 cm³/mol. The van der Waals surface area contributed by atoms with Crippen molar-refractivity contribution in [3.05, 3.63) is 35.7 Å². The molecule has 0 bridgehead atoms. The number of alkyl halides is 6. The molecule has 3 heterocycles. The molecule has 164 valence electrons. The van der Waals surface area contributed by atoms with E-state index in [1.54, 1.807) is 0 Å². The second kappa shape index (κ2) is 8.54. The Balaban J connectivity index is 0.000000396. The Kier molecular flexibility index (Phi) is 6.52. The van der Waals surface area contributed by atoms with Gasteiger partial charge in [-0.15, -0.1) is 0 Å². The van der Waals surface area contributed by atoms with E-state index in [9.17, 15) is 31.1 Å². The lowest BCUT2D eigenvalue weighted by Crippen LogP contribution is -2.31. The molecular formula is C15H13F6N5O4. The zero-order valence-corrected chi connectivity index (χ0v) is 14.7. The number of fused-ring (bicyclic) bond motifs is 1. The van der Waals surface area contributed by atoms with Crippen LogP contribution in [0.2, 0.25) is 0 Å². The average molecular weight is 441 g/mol. The van der Waals surface area contributed by atoms with E-state index < -0.39 is 30.0 Å². The van der Waals surface area contributed by atoms with E-state index in [2.05, 4.69) is 20.3 Å². The van der Waals surface area contributed by atoms with E-state index in [4.69, 9.17) is 15.0 Å². The van der Waals surface area contributed by atoms with Crippen molar-refractivity contribution < 1.29 is 46.1 Å². The Bertz CT molecular complexity index is 927. The maximum absolute atomic E-state index is 12.7. The molecule has 0 radical (unpaired) electrons. The van der Waals surface area contributed by atoms with Crippen molar-refractivity contribution in [2.24, 2.45) is 0 Å². The first-order valence-corrected chi connectivity index (χ1v) is 8.03. The zero-order valence-electron chi connectivity index (χ0n) is 14.7. The Labute approximate surface area is 163 Å². The summed E-state index contributed by atoms with van der Waals surface area (Å²) in [4.78, 5) is 31.1. The maximum atomic E-state index is 12.7. The fourth-order valence-electron chi connectivity index (χ4n) is 2.43. The average Bonchev–Trinajstić information content (AvgIpc) is 3.05. The van der Waals surface area contributed by atoms with E-state index in [1.165, 1.54) is 16.8 Å². The normalized spacial score (nSPS) is 16.1. The van der Waals surface area contributed by atoms with E-state index >= 15 is 0 Å². The molecule has 1 unspecified atom stereocenters. The third-order valence-corrected chi connectivity index (χ3v) is 3.73. The maximum Gasteiger partial charge on any atom is 0.490 e. The molecule has 1 aliphatic rings. The number of aryl methyl sites for hydroxylation is 1. The second-order valence-electron chi connectivity index (χ2n) is 5.95. The SMILES string of the molecule is O=C(O)C(F)(F)F.O=C(O)c1ccnc(NC2CCc3nc(C(F)(F)F)cn3C2)n1. The van der Waals surface area contributed by atoms with Crippen LogP contribution in [0.1, 0.15) is 28.4 Å². The number of imidazole rings is 1. The Morgan fingerprint density at radius 3 is 2.30 bits per heavy atom. The Morgan fingerprint density at radius 2 is 1.77 bits per heavy atom. The minimum absolute atomic E-state index is 0.134. The molecule has 0 aromatic carbocycles. The van der Waals surface area contributed by atoms with Crippen LogP contribution in [0.4, 0.5) is 32.3 Å². The lowest BCUT2D eigenvalue weighted by Gasteiger charge is -2.24. The monoisotopic (exact) mass is 441 g/mol. The summed E-state index contributed by atoms with van der Waals surface area (Å²) in [6.07, 6.45) is -6.32. The highest BCUT2D eigenvalue weighted by Crippen LogP contribution is 2.30. The number of halogens is 6. The Morgan fingerprint density at radius 1 is 1.13 bits per heavy atom. The first kappa shape index (κ1) is 22.9. The summed E-state index contributed by atoms with van der Waals surface area (Å²) in [6, 6.07) is 1.06. The molecule has 0 aliphatic carbocycles. The molecule has 1 atom stereocenters. The number of hydrogen-bond donors (Lipinski definition) is 3. The van der Waals surface area contributed by atoms with Gasteiger partial charge in [-0.25, -0.2) is 24.5 Å². The van der Waals surface area contributed by atoms with Crippen molar-refractivity contribution in [2.75, 3.05) is 5.32 Å². The van der Waals surface area contributed by atoms with Crippen LogP contribution in [0, 0.1) is 0 Å². The lowest BCUT2D eigenvalue weighted by molar-refractivity contribution is -0.192. The molecule has 0 saturated carbocycles. The summed E-state index contributed by atoms with van der Waals surface area (Å²) in [6.45, 7) is 0.277. The fourth-order valence-corrected chi connectivity index (χ4v) is 2.43. The number of aliphatic carboxylic acids is 1. The van der Waals surface area contributed by atoms with Crippen molar-refractivity contribution in [1.82, 2.24) is 19.5 Å². The van der Waals surface area contributed by atoms with Crippen molar-refractivity contribution in [2.45, 2.75) is 37.8 Å². The number of nitrogens with one attached hydrogen (secondary N) is 1. The second-order valence-corrected chi connectivity index (χ2v) is 5.95. The van der Waals surface area contributed by atoms with Crippen molar-refractivity contribution >= 4 is 17.9 Å².